The lowest BCUT2D eigenvalue weighted by Crippen LogP contribution is -2.44. The minimum atomic E-state index is -0.398. The molecule has 0 radical (unpaired) electrons. The van der Waals surface area contributed by atoms with Crippen LogP contribution in [0.3, 0.4) is 0 Å². The molecule has 9 nitrogen and oxygen atoms in total. The molecule has 2 N–H and O–H groups in total. The first-order valence-corrected chi connectivity index (χ1v) is 10.2. The molecule has 1 fully saturated rings. The average Bonchev–Trinajstić information content (AvgIpc) is 3.23. The smallest absolute Gasteiger partial charge is 0.269 e. The van der Waals surface area contributed by atoms with Crippen molar-refractivity contribution in [3.8, 4) is 11.5 Å². The van der Waals surface area contributed by atoms with Gasteiger partial charge in [-0.3, -0.25) is 20.0 Å². The fraction of sp³-hybridized carbons (Fsp3) is 0.409. The first-order valence-electron chi connectivity index (χ1n) is 10.2. The van der Waals surface area contributed by atoms with Crippen LogP contribution in [0.4, 0.5) is 5.69 Å². The summed E-state index contributed by atoms with van der Waals surface area (Å²) in [5, 5.41) is 17.5. The van der Waals surface area contributed by atoms with E-state index in [0.717, 1.165) is 48.7 Å². The summed E-state index contributed by atoms with van der Waals surface area (Å²) >= 11 is 0. The van der Waals surface area contributed by atoms with Crippen molar-refractivity contribution in [2.45, 2.75) is 25.6 Å². The third-order valence-corrected chi connectivity index (χ3v) is 5.26. The summed E-state index contributed by atoms with van der Waals surface area (Å²) in [4.78, 5) is 17.1. The highest BCUT2D eigenvalue weighted by molar-refractivity contribution is 14.0. The molecule has 0 aromatic heterocycles. The quantitative estimate of drug-likeness (QED) is 0.170. The maximum absolute atomic E-state index is 10.8. The van der Waals surface area contributed by atoms with E-state index in [1.807, 2.05) is 18.2 Å². The number of halogens is 1. The van der Waals surface area contributed by atoms with E-state index in [4.69, 9.17) is 9.47 Å². The Morgan fingerprint density at radius 1 is 1.16 bits per heavy atom. The molecule has 32 heavy (non-hydrogen) atoms. The summed E-state index contributed by atoms with van der Waals surface area (Å²) in [6.45, 7) is 3.24. The van der Waals surface area contributed by atoms with Crippen molar-refractivity contribution in [2.24, 2.45) is 4.99 Å². The summed E-state index contributed by atoms with van der Waals surface area (Å²) in [7, 11) is 5.05. The third kappa shape index (κ3) is 7.23. The zero-order valence-corrected chi connectivity index (χ0v) is 20.9. The van der Waals surface area contributed by atoms with Gasteiger partial charge in [-0.25, -0.2) is 0 Å². The Morgan fingerprint density at radius 2 is 1.81 bits per heavy atom. The lowest BCUT2D eigenvalue weighted by atomic mass is 10.2. The van der Waals surface area contributed by atoms with Gasteiger partial charge in [0.25, 0.3) is 5.69 Å². The Balaban J connectivity index is 0.00000363. The number of nitro groups is 1. The SMILES string of the molecule is CN=C(NCc1ccc([N+](=O)[O-])cc1)NC1CCN(Cc2cc(OC)cc(OC)c2)C1.I. The number of non-ortho nitro benzene ring substituents is 1. The number of benzene rings is 2. The molecule has 1 aliphatic heterocycles. The monoisotopic (exact) mass is 555 g/mol. The molecule has 174 valence electrons. The number of guanidine groups is 1. The highest BCUT2D eigenvalue weighted by Gasteiger charge is 2.23. The number of nitrogens with zero attached hydrogens (tertiary/aromatic N) is 3. The lowest BCUT2D eigenvalue weighted by Gasteiger charge is -2.19. The minimum absolute atomic E-state index is 0. The van der Waals surface area contributed by atoms with E-state index in [1.54, 1.807) is 33.4 Å². The van der Waals surface area contributed by atoms with Crippen LogP contribution in [0.5, 0.6) is 11.5 Å². The van der Waals surface area contributed by atoms with Crippen molar-refractivity contribution in [1.82, 2.24) is 15.5 Å². The fourth-order valence-corrected chi connectivity index (χ4v) is 3.62. The normalized spacial score (nSPS) is 16.2. The van der Waals surface area contributed by atoms with E-state index in [-0.39, 0.29) is 35.7 Å². The zero-order valence-electron chi connectivity index (χ0n) is 18.5. The van der Waals surface area contributed by atoms with E-state index in [9.17, 15) is 10.1 Å². The standard InChI is InChI=1S/C22H29N5O4.HI/c1-23-22(24-13-16-4-6-19(7-5-16)27(28)29)25-18-8-9-26(15-18)14-17-10-20(30-2)12-21(11-17)31-3;/h4-7,10-12,18H,8-9,13-15H2,1-3H3,(H2,23,24,25);1H. The van der Waals surface area contributed by atoms with E-state index >= 15 is 0 Å². The van der Waals surface area contributed by atoms with Crippen molar-refractivity contribution >= 4 is 35.6 Å². The summed E-state index contributed by atoms with van der Waals surface area (Å²) in [5.74, 6) is 2.30. The highest BCUT2D eigenvalue weighted by Crippen LogP contribution is 2.24. The van der Waals surface area contributed by atoms with Gasteiger partial charge in [-0.1, -0.05) is 12.1 Å². The van der Waals surface area contributed by atoms with Crippen LogP contribution in [0.2, 0.25) is 0 Å². The summed E-state index contributed by atoms with van der Waals surface area (Å²) in [5.41, 5.74) is 2.19. The summed E-state index contributed by atoms with van der Waals surface area (Å²) in [6, 6.07) is 12.7. The second kappa shape index (κ2) is 12.4. The Labute approximate surface area is 205 Å². The molecular formula is C22H30IN5O4. The van der Waals surface area contributed by atoms with Crippen molar-refractivity contribution in [1.29, 1.82) is 0 Å². The average molecular weight is 555 g/mol. The van der Waals surface area contributed by atoms with Gasteiger partial charge < -0.3 is 20.1 Å². The van der Waals surface area contributed by atoms with Crippen LogP contribution in [-0.4, -0.2) is 56.2 Å². The topological polar surface area (TPSA) is 101 Å². The van der Waals surface area contributed by atoms with Gasteiger partial charge in [0.1, 0.15) is 11.5 Å². The Kier molecular flexibility index (Phi) is 9.97. The molecule has 0 aliphatic carbocycles. The van der Waals surface area contributed by atoms with Gasteiger partial charge in [-0.2, -0.15) is 0 Å². The largest absolute Gasteiger partial charge is 0.497 e. The number of methoxy groups -OCH3 is 2. The van der Waals surface area contributed by atoms with Gasteiger partial charge in [0.15, 0.2) is 5.96 Å². The number of likely N-dealkylation sites (tertiary alicyclic amines) is 1. The molecule has 2 aromatic rings. The Bertz CT molecular complexity index is 901. The van der Waals surface area contributed by atoms with Crippen LogP contribution in [0.25, 0.3) is 0 Å². The molecule has 1 saturated heterocycles. The van der Waals surface area contributed by atoms with Crippen LogP contribution in [0, 0.1) is 10.1 Å². The van der Waals surface area contributed by atoms with Crippen LogP contribution in [-0.2, 0) is 13.1 Å². The highest BCUT2D eigenvalue weighted by atomic mass is 127. The van der Waals surface area contributed by atoms with Gasteiger partial charge in [0.05, 0.1) is 19.1 Å². The summed E-state index contributed by atoms with van der Waals surface area (Å²) < 4.78 is 10.7. The van der Waals surface area contributed by atoms with Gasteiger partial charge in [0.2, 0.25) is 0 Å². The maximum Gasteiger partial charge on any atom is 0.269 e. The molecule has 10 heteroatoms. The molecule has 1 unspecified atom stereocenters. The zero-order chi connectivity index (χ0) is 22.2. The van der Waals surface area contributed by atoms with E-state index in [2.05, 4.69) is 20.5 Å². The van der Waals surface area contributed by atoms with Gasteiger partial charge in [0, 0.05) is 57.5 Å². The van der Waals surface area contributed by atoms with Crippen LogP contribution in [0.1, 0.15) is 17.5 Å². The van der Waals surface area contributed by atoms with Crippen LogP contribution >= 0.6 is 24.0 Å². The first-order chi connectivity index (χ1) is 15.0. The van der Waals surface area contributed by atoms with Crippen molar-refractivity contribution < 1.29 is 14.4 Å². The predicted octanol–water partition coefficient (Wildman–Crippen LogP) is 3.17. The second-order valence-corrected chi connectivity index (χ2v) is 7.44. The predicted molar refractivity (Wildman–Crippen MR) is 135 cm³/mol. The Morgan fingerprint density at radius 3 is 2.38 bits per heavy atom. The summed E-state index contributed by atoms with van der Waals surface area (Å²) in [6.07, 6.45) is 1.01. The van der Waals surface area contributed by atoms with Gasteiger partial charge in [-0.05, 0) is 29.7 Å². The lowest BCUT2D eigenvalue weighted by molar-refractivity contribution is -0.384. The molecule has 1 heterocycles. The van der Waals surface area contributed by atoms with Gasteiger partial charge in [-0.15, -0.1) is 24.0 Å². The van der Waals surface area contributed by atoms with Crippen molar-refractivity contribution in [3.63, 3.8) is 0 Å². The van der Waals surface area contributed by atoms with Crippen LogP contribution < -0.4 is 20.1 Å². The minimum Gasteiger partial charge on any atom is -0.497 e. The maximum atomic E-state index is 10.8. The molecule has 1 aliphatic rings. The number of nitro benzene ring substituents is 1. The number of rotatable bonds is 8. The van der Waals surface area contributed by atoms with Gasteiger partial charge >= 0.3 is 0 Å². The molecule has 0 saturated carbocycles. The number of hydrogen-bond donors (Lipinski definition) is 2. The van der Waals surface area contributed by atoms with E-state index in [1.165, 1.54) is 12.1 Å². The molecule has 2 aromatic carbocycles. The number of nitrogens with one attached hydrogen (secondary N) is 2. The molecular weight excluding hydrogens is 525 g/mol. The third-order valence-electron chi connectivity index (χ3n) is 5.26. The number of ether oxygens (including phenoxy) is 2. The van der Waals surface area contributed by atoms with Crippen molar-refractivity contribution in [2.75, 3.05) is 34.4 Å². The van der Waals surface area contributed by atoms with Crippen molar-refractivity contribution in [3.05, 3.63) is 63.7 Å². The van der Waals surface area contributed by atoms with E-state index in [0.29, 0.717) is 12.5 Å². The Hall–Kier alpha value is -2.60. The molecule has 0 amide bonds. The van der Waals surface area contributed by atoms with E-state index < -0.39 is 4.92 Å². The molecule has 1 atom stereocenters. The molecule has 3 rings (SSSR count). The fourth-order valence-electron chi connectivity index (χ4n) is 3.62. The number of aliphatic imine (C=N–C) groups is 1. The second-order valence-electron chi connectivity index (χ2n) is 7.44. The number of hydrogen-bond acceptors (Lipinski definition) is 6. The molecule has 0 bridgehead atoms. The van der Waals surface area contributed by atoms with Crippen LogP contribution in [0.15, 0.2) is 47.5 Å². The first kappa shape index (κ1) is 25.7. The molecule has 0 spiro atoms.